The van der Waals surface area contributed by atoms with Crippen LogP contribution in [0.25, 0.3) is 0 Å². The van der Waals surface area contributed by atoms with Crippen LogP contribution in [0.3, 0.4) is 0 Å². The summed E-state index contributed by atoms with van der Waals surface area (Å²) < 4.78 is 39.0. The first-order valence-corrected chi connectivity index (χ1v) is 21.3. The summed E-state index contributed by atoms with van der Waals surface area (Å²) in [4.78, 5) is 57.6. The van der Waals surface area contributed by atoms with E-state index in [9.17, 15) is 27.6 Å². The Morgan fingerprint density at radius 2 is 1.54 bits per heavy atom. The lowest BCUT2D eigenvalue weighted by molar-refractivity contribution is 0.0518. The van der Waals surface area contributed by atoms with E-state index in [0.717, 1.165) is 60.1 Å². The number of carbonyl (C=O) groups is 4. The standard InChI is InChI=1S/C44H45N3O8S2/c1-4-25-47(34-23-24-37(45-28-34)44(51)55-5-2)57(52,53)35-10-8-9-32(26-35)38(48)27-40-41(36-11-6-7-12-39(36)56-40)42(49)46-33-21-17-30(18-22-33)14-13-29-15-19-31(20-16-29)43(50)54-3/h8-10,15-24,26,28H,4-7,11-14,25,27H2,1-3H3,(H,46,49). The smallest absolute Gasteiger partial charge is 0.356 e. The van der Waals surface area contributed by atoms with Crippen molar-refractivity contribution in [1.82, 2.24) is 4.98 Å². The molecule has 2 aromatic heterocycles. The lowest BCUT2D eigenvalue weighted by atomic mass is 9.93. The van der Waals surface area contributed by atoms with Gasteiger partial charge in [0.1, 0.15) is 5.69 Å². The number of methoxy groups -OCH3 is 1. The van der Waals surface area contributed by atoms with Gasteiger partial charge in [-0.25, -0.2) is 23.0 Å². The summed E-state index contributed by atoms with van der Waals surface area (Å²) in [5.74, 6) is -1.54. The summed E-state index contributed by atoms with van der Waals surface area (Å²) in [6.45, 7) is 3.88. The van der Waals surface area contributed by atoms with Crippen molar-refractivity contribution in [3.63, 3.8) is 0 Å². The van der Waals surface area contributed by atoms with Gasteiger partial charge >= 0.3 is 11.9 Å². The number of rotatable bonds is 16. The number of aromatic nitrogens is 1. The number of amides is 1. The summed E-state index contributed by atoms with van der Waals surface area (Å²) >= 11 is 1.49. The Kier molecular flexibility index (Phi) is 13.3. The molecule has 2 heterocycles. The normalized spacial score (nSPS) is 12.3. The first-order valence-electron chi connectivity index (χ1n) is 19.0. The number of esters is 2. The molecule has 1 aliphatic carbocycles. The predicted molar refractivity (Wildman–Crippen MR) is 220 cm³/mol. The lowest BCUT2D eigenvalue weighted by Gasteiger charge is -2.24. The third-order valence-corrected chi connectivity index (χ3v) is 12.9. The molecule has 13 heteroatoms. The first-order chi connectivity index (χ1) is 27.5. The number of ketones is 1. The van der Waals surface area contributed by atoms with Crippen molar-refractivity contribution in [3.05, 3.63) is 140 Å². The zero-order valence-corrected chi connectivity index (χ0v) is 33.8. The van der Waals surface area contributed by atoms with Crippen molar-refractivity contribution in [3.8, 4) is 0 Å². The molecule has 1 N–H and O–H groups in total. The molecule has 0 aliphatic heterocycles. The van der Waals surface area contributed by atoms with Gasteiger partial charge in [-0.15, -0.1) is 11.3 Å². The molecule has 0 bridgehead atoms. The number of Topliss-reactive ketones (excluding diaryl/α,β-unsaturated/α-hetero) is 1. The average molecular weight is 808 g/mol. The molecule has 0 saturated heterocycles. The number of sulfonamides is 1. The monoisotopic (exact) mass is 807 g/mol. The van der Waals surface area contributed by atoms with E-state index in [1.165, 1.54) is 53.2 Å². The molecule has 0 fully saturated rings. The second-order valence-electron chi connectivity index (χ2n) is 13.7. The van der Waals surface area contributed by atoms with Crippen LogP contribution >= 0.6 is 11.3 Å². The molecule has 1 aliphatic rings. The van der Waals surface area contributed by atoms with Crippen LogP contribution in [-0.2, 0) is 51.6 Å². The van der Waals surface area contributed by atoms with Crippen molar-refractivity contribution in [1.29, 1.82) is 0 Å². The van der Waals surface area contributed by atoms with Crippen LogP contribution in [0.15, 0.2) is 96.0 Å². The highest BCUT2D eigenvalue weighted by atomic mass is 32.2. The van der Waals surface area contributed by atoms with Crippen molar-refractivity contribution in [2.24, 2.45) is 0 Å². The summed E-state index contributed by atoms with van der Waals surface area (Å²) in [7, 11) is -2.77. The van der Waals surface area contributed by atoms with E-state index in [-0.39, 0.29) is 59.1 Å². The van der Waals surface area contributed by atoms with Crippen LogP contribution in [0.5, 0.6) is 0 Å². The van der Waals surface area contributed by atoms with Crippen molar-refractivity contribution in [2.75, 3.05) is 29.9 Å². The van der Waals surface area contributed by atoms with Gasteiger partial charge in [0.25, 0.3) is 15.9 Å². The number of ether oxygens (including phenoxy) is 2. The average Bonchev–Trinajstić information content (AvgIpc) is 3.60. The molecule has 0 radical (unpaired) electrons. The highest BCUT2D eigenvalue weighted by Crippen LogP contribution is 2.36. The van der Waals surface area contributed by atoms with Gasteiger partial charge < -0.3 is 14.8 Å². The van der Waals surface area contributed by atoms with Crippen LogP contribution in [-0.4, -0.2) is 57.3 Å². The van der Waals surface area contributed by atoms with Gasteiger partial charge in [-0.3, -0.25) is 13.9 Å². The molecule has 5 aromatic rings. The summed E-state index contributed by atoms with van der Waals surface area (Å²) in [5, 5.41) is 3.05. The molecule has 0 unspecified atom stereocenters. The van der Waals surface area contributed by atoms with E-state index in [2.05, 4.69) is 10.3 Å². The molecular formula is C44H45N3O8S2. The molecule has 57 heavy (non-hydrogen) atoms. The number of carbonyl (C=O) groups excluding carboxylic acids is 4. The number of pyridine rings is 1. The number of hydrogen-bond donors (Lipinski definition) is 1. The van der Waals surface area contributed by atoms with Gasteiger partial charge in [-0.05, 0) is 117 Å². The fraction of sp³-hybridized carbons (Fsp3) is 0.295. The number of hydrogen-bond acceptors (Lipinski definition) is 10. The van der Waals surface area contributed by atoms with E-state index < -0.39 is 16.0 Å². The zero-order valence-electron chi connectivity index (χ0n) is 32.2. The molecular weight excluding hydrogens is 763 g/mol. The Labute approximate surface area is 337 Å². The van der Waals surface area contributed by atoms with E-state index in [1.807, 2.05) is 43.3 Å². The van der Waals surface area contributed by atoms with E-state index in [1.54, 1.807) is 31.2 Å². The molecule has 296 valence electrons. The van der Waals surface area contributed by atoms with Gasteiger partial charge in [-0.2, -0.15) is 0 Å². The quantitative estimate of drug-likeness (QED) is 0.0772. The summed E-state index contributed by atoms with van der Waals surface area (Å²) in [6.07, 6.45) is 6.88. The van der Waals surface area contributed by atoms with Gasteiger partial charge in [0.2, 0.25) is 0 Å². The van der Waals surface area contributed by atoms with E-state index in [4.69, 9.17) is 9.47 Å². The number of nitrogens with zero attached hydrogens (tertiary/aromatic N) is 2. The van der Waals surface area contributed by atoms with Crippen LogP contribution < -0.4 is 9.62 Å². The van der Waals surface area contributed by atoms with Gasteiger partial charge in [0.15, 0.2) is 5.78 Å². The van der Waals surface area contributed by atoms with Crippen LogP contribution in [0.4, 0.5) is 11.4 Å². The van der Waals surface area contributed by atoms with Gasteiger partial charge in [-0.1, -0.05) is 43.3 Å². The molecule has 1 amide bonds. The highest BCUT2D eigenvalue weighted by Gasteiger charge is 2.29. The summed E-state index contributed by atoms with van der Waals surface area (Å²) in [5.41, 5.74) is 5.40. The molecule has 6 rings (SSSR count). The topological polar surface area (TPSA) is 149 Å². The zero-order chi connectivity index (χ0) is 40.5. The van der Waals surface area contributed by atoms with Crippen molar-refractivity contribution < 1.29 is 37.1 Å². The van der Waals surface area contributed by atoms with Crippen LogP contribution in [0.1, 0.15) is 101 Å². The van der Waals surface area contributed by atoms with E-state index in [0.29, 0.717) is 28.1 Å². The Morgan fingerprint density at radius 3 is 2.19 bits per heavy atom. The molecule has 0 saturated carbocycles. The van der Waals surface area contributed by atoms with Crippen LogP contribution in [0.2, 0.25) is 0 Å². The van der Waals surface area contributed by atoms with Crippen molar-refractivity contribution >= 4 is 56.4 Å². The fourth-order valence-electron chi connectivity index (χ4n) is 6.83. The van der Waals surface area contributed by atoms with Crippen LogP contribution in [0, 0.1) is 0 Å². The number of anilines is 2. The minimum atomic E-state index is -4.13. The number of thiophene rings is 1. The minimum Gasteiger partial charge on any atom is -0.465 e. The van der Waals surface area contributed by atoms with Gasteiger partial charge in [0, 0.05) is 34.0 Å². The molecule has 0 spiro atoms. The number of nitrogens with one attached hydrogen (secondary N) is 1. The fourth-order valence-corrected chi connectivity index (χ4v) is 9.81. The molecule has 11 nitrogen and oxygen atoms in total. The van der Waals surface area contributed by atoms with E-state index >= 15 is 0 Å². The lowest BCUT2D eigenvalue weighted by Crippen LogP contribution is -2.32. The Hall–Kier alpha value is -5.66. The minimum absolute atomic E-state index is 0.0542. The number of aryl methyl sites for hydroxylation is 3. The molecule has 3 aromatic carbocycles. The predicted octanol–water partition coefficient (Wildman–Crippen LogP) is 8.05. The van der Waals surface area contributed by atoms with Gasteiger partial charge in [0.05, 0.1) is 41.6 Å². The maximum absolute atomic E-state index is 14.0. The SMILES string of the molecule is CCCN(c1ccc(C(=O)OCC)nc1)S(=O)(=O)c1cccc(C(=O)Cc2sc3c(c2C(=O)Nc2ccc(CCc4ccc(C(=O)OC)cc4)cc2)CCCC3)c1. The number of benzene rings is 3. The maximum Gasteiger partial charge on any atom is 0.356 e. The largest absolute Gasteiger partial charge is 0.465 e. The summed E-state index contributed by atoms with van der Waals surface area (Å²) in [6, 6.07) is 23.9. The number of fused-ring (bicyclic) bond motifs is 1. The third kappa shape index (κ3) is 9.66. The maximum atomic E-state index is 14.0. The molecule has 0 atom stereocenters. The Balaban J connectivity index is 1.16. The Bertz CT molecular complexity index is 2350. The highest BCUT2D eigenvalue weighted by molar-refractivity contribution is 7.92. The first kappa shape index (κ1) is 41.0. The second-order valence-corrected chi connectivity index (χ2v) is 16.7. The van der Waals surface area contributed by atoms with Crippen molar-refractivity contribution in [2.45, 2.75) is 70.1 Å². The Morgan fingerprint density at radius 1 is 0.842 bits per heavy atom. The second kappa shape index (κ2) is 18.5. The third-order valence-electron chi connectivity index (χ3n) is 9.77.